The Kier molecular flexibility index (Phi) is 6.70. The van der Waals surface area contributed by atoms with Crippen LogP contribution in [0.4, 0.5) is 0 Å². The number of hydrogen-bond acceptors (Lipinski definition) is 5. The van der Waals surface area contributed by atoms with E-state index in [1.54, 1.807) is 30.3 Å². The molecule has 0 bridgehead atoms. The monoisotopic (exact) mass is 460 g/mol. The number of nitrogens with one attached hydrogen (secondary N) is 1. The third-order valence-electron chi connectivity index (χ3n) is 5.13. The Labute approximate surface area is 193 Å². The molecule has 3 aromatic carbocycles. The number of hydrogen-bond donors (Lipinski definition) is 1. The molecule has 1 N–H and O–H groups in total. The van der Waals surface area contributed by atoms with E-state index in [-0.39, 0.29) is 11.3 Å². The van der Waals surface area contributed by atoms with Crippen molar-refractivity contribution in [1.82, 2.24) is 10.3 Å². The standard InChI is InChI=1S/C26H24N2O4S/c1-33(30,31)32-25-23(26(29)27-18-10-13-19-11-4-2-5-12-19)21-16-8-9-17-22(21)28-24(25)20-14-6-3-7-15-20/h2-9,11-12,14-17H,10,13,18H2,1H3,(H,27,29). The molecule has 7 heteroatoms. The van der Waals surface area contributed by atoms with Crippen LogP contribution in [0.1, 0.15) is 22.3 Å². The first-order chi connectivity index (χ1) is 15.9. The van der Waals surface area contributed by atoms with Crippen LogP contribution in [0.5, 0.6) is 5.75 Å². The van der Waals surface area contributed by atoms with Gasteiger partial charge in [-0.15, -0.1) is 0 Å². The Morgan fingerprint density at radius 1 is 0.909 bits per heavy atom. The van der Waals surface area contributed by atoms with Crippen molar-refractivity contribution in [1.29, 1.82) is 0 Å². The molecule has 0 unspecified atom stereocenters. The number of benzene rings is 3. The Bertz CT molecular complexity index is 1370. The molecule has 33 heavy (non-hydrogen) atoms. The Hall–Kier alpha value is -3.71. The van der Waals surface area contributed by atoms with E-state index in [4.69, 9.17) is 4.18 Å². The molecule has 0 spiro atoms. The molecule has 4 aromatic rings. The number of fused-ring (bicyclic) bond motifs is 1. The summed E-state index contributed by atoms with van der Waals surface area (Å²) in [6.07, 6.45) is 2.52. The zero-order valence-corrected chi connectivity index (χ0v) is 19.0. The van der Waals surface area contributed by atoms with Crippen molar-refractivity contribution >= 4 is 26.9 Å². The maximum atomic E-state index is 13.3. The van der Waals surface area contributed by atoms with Crippen LogP contribution < -0.4 is 9.50 Å². The highest BCUT2D eigenvalue weighted by Gasteiger charge is 2.25. The minimum Gasteiger partial charge on any atom is -0.379 e. The molecular formula is C26H24N2O4S. The Balaban J connectivity index is 1.73. The van der Waals surface area contributed by atoms with Crippen molar-refractivity contribution < 1.29 is 17.4 Å². The molecule has 0 aliphatic rings. The summed E-state index contributed by atoms with van der Waals surface area (Å²) in [6, 6.07) is 26.2. The highest BCUT2D eigenvalue weighted by Crippen LogP contribution is 2.37. The third-order valence-corrected chi connectivity index (χ3v) is 5.60. The average Bonchev–Trinajstić information content (AvgIpc) is 2.81. The lowest BCUT2D eigenvalue weighted by molar-refractivity contribution is 0.0953. The summed E-state index contributed by atoms with van der Waals surface area (Å²) in [7, 11) is -3.91. The first-order valence-corrected chi connectivity index (χ1v) is 12.4. The number of pyridine rings is 1. The van der Waals surface area contributed by atoms with Crippen LogP contribution >= 0.6 is 0 Å². The van der Waals surface area contributed by atoms with E-state index in [1.807, 2.05) is 54.6 Å². The topological polar surface area (TPSA) is 85.4 Å². The second-order valence-electron chi connectivity index (χ2n) is 7.68. The molecule has 0 fully saturated rings. The van der Waals surface area contributed by atoms with Crippen LogP contribution in [0.2, 0.25) is 0 Å². The number of amides is 1. The predicted octanol–water partition coefficient (Wildman–Crippen LogP) is 4.60. The van der Waals surface area contributed by atoms with Gasteiger partial charge in [-0.2, -0.15) is 8.42 Å². The lowest BCUT2D eigenvalue weighted by Crippen LogP contribution is -2.26. The van der Waals surface area contributed by atoms with E-state index in [0.717, 1.165) is 19.1 Å². The third kappa shape index (κ3) is 5.56. The van der Waals surface area contributed by atoms with Crippen molar-refractivity contribution in [3.63, 3.8) is 0 Å². The van der Waals surface area contributed by atoms with Gasteiger partial charge in [0.25, 0.3) is 5.91 Å². The highest BCUT2D eigenvalue weighted by molar-refractivity contribution is 7.86. The number of para-hydroxylation sites is 1. The number of aromatic nitrogens is 1. The first kappa shape index (κ1) is 22.5. The average molecular weight is 461 g/mol. The second kappa shape index (κ2) is 9.83. The minimum atomic E-state index is -3.91. The van der Waals surface area contributed by atoms with Crippen LogP contribution in [-0.2, 0) is 16.5 Å². The molecular weight excluding hydrogens is 436 g/mol. The molecule has 0 saturated heterocycles. The van der Waals surface area contributed by atoms with Crippen LogP contribution in [0.25, 0.3) is 22.2 Å². The van der Waals surface area contributed by atoms with E-state index in [1.165, 1.54) is 5.56 Å². The molecule has 0 saturated carbocycles. The van der Waals surface area contributed by atoms with E-state index < -0.39 is 16.0 Å². The molecule has 1 amide bonds. The summed E-state index contributed by atoms with van der Waals surface area (Å²) in [5.74, 6) is -0.472. The van der Waals surface area contributed by atoms with Crippen molar-refractivity contribution in [2.24, 2.45) is 0 Å². The summed E-state index contributed by atoms with van der Waals surface area (Å²) in [5, 5.41) is 3.45. The highest BCUT2D eigenvalue weighted by atomic mass is 32.2. The van der Waals surface area contributed by atoms with Gasteiger partial charge in [-0.1, -0.05) is 78.9 Å². The van der Waals surface area contributed by atoms with Crippen LogP contribution in [0, 0.1) is 0 Å². The maximum absolute atomic E-state index is 13.3. The SMILES string of the molecule is CS(=O)(=O)Oc1c(-c2ccccc2)nc2ccccc2c1C(=O)NCCCc1ccccc1. The van der Waals surface area contributed by atoms with Gasteiger partial charge in [-0.25, -0.2) is 4.98 Å². The maximum Gasteiger partial charge on any atom is 0.306 e. The van der Waals surface area contributed by atoms with Gasteiger partial charge in [0, 0.05) is 17.5 Å². The molecule has 1 aromatic heterocycles. The lowest BCUT2D eigenvalue weighted by atomic mass is 10.0. The van der Waals surface area contributed by atoms with Gasteiger partial charge < -0.3 is 9.50 Å². The number of carbonyl (C=O) groups excluding carboxylic acids is 1. The van der Waals surface area contributed by atoms with Gasteiger partial charge in [-0.05, 0) is 24.5 Å². The second-order valence-corrected chi connectivity index (χ2v) is 9.26. The van der Waals surface area contributed by atoms with Gasteiger partial charge in [0.2, 0.25) is 0 Å². The van der Waals surface area contributed by atoms with E-state index >= 15 is 0 Å². The number of aryl methyl sites for hydroxylation is 1. The van der Waals surface area contributed by atoms with Crippen LogP contribution in [0.15, 0.2) is 84.9 Å². The summed E-state index contributed by atoms with van der Waals surface area (Å²) in [5.41, 5.74) is 2.87. The van der Waals surface area contributed by atoms with Gasteiger partial charge in [0.15, 0.2) is 5.75 Å². The minimum absolute atomic E-state index is 0.0667. The fourth-order valence-electron chi connectivity index (χ4n) is 3.67. The smallest absolute Gasteiger partial charge is 0.306 e. The molecule has 168 valence electrons. The molecule has 0 radical (unpaired) electrons. The van der Waals surface area contributed by atoms with Gasteiger partial charge >= 0.3 is 10.1 Å². The summed E-state index contributed by atoms with van der Waals surface area (Å²) < 4.78 is 29.6. The number of carbonyl (C=O) groups is 1. The fraction of sp³-hybridized carbons (Fsp3) is 0.154. The lowest BCUT2D eigenvalue weighted by Gasteiger charge is -2.16. The van der Waals surface area contributed by atoms with Crippen molar-refractivity contribution in [2.45, 2.75) is 12.8 Å². The van der Waals surface area contributed by atoms with Crippen LogP contribution in [-0.4, -0.2) is 32.1 Å². The zero-order chi connectivity index (χ0) is 23.3. The molecule has 1 heterocycles. The molecule has 0 aliphatic carbocycles. The van der Waals surface area contributed by atoms with E-state index in [2.05, 4.69) is 10.3 Å². The normalized spacial score (nSPS) is 11.3. The van der Waals surface area contributed by atoms with Crippen LogP contribution in [0.3, 0.4) is 0 Å². The zero-order valence-electron chi connectivity index (χ0n) is 18.2. The predicted molar refractivity (Wildman–Crippen MR) is 130 cm³/mol. The van der Waals surface area contributed by atoms with Crippen molar-refractivity contribution in [3.05, 3.63) is 96.1 Å². The number of rotatable bonds is 8. The van der Waals surface area contributed by atoms with Gasteiger partial charge in [-0.3, -0.25) is 4.79 Å². The fourth-order valence-corrected chi connectivity index (χ4v) is 4.14. The van der Waals surface area contributed by atoms with E-state index in [9.17, 15) is 13.2 Å². The summed E-state index contributed by atoms with van der Waals surface area (Å²) >= 11 is 0. The Morgan fingerprint density at radius 2 is 1.55 bits per heavy atom. The van der Waals surface area contributed by atoms with Crippen molar-refractivity contribution in [3.8, 4) is 17.0 Å². The summed E-state index contributed by atoms with van der Waals surface area (Å²) in [6.45, 7) is 0.434. The summed E-state index contributed by atoms with van der Waals surface area (Å²) in [4.78, 5) is 18.0. The van der Waals surface area contributed by atoms with E-state index in [0.29, 0.717) is 28.7 Å². The van der Waals surface area contributed by atoms with Gasteiger partial charge in [0.1, 0.15) is 5.69 Å². The molecule has 0 aliphatic heterocycles. The van der Waals surface area contributed by atoms with Gasteiger partial charge in [0.05, 0.1) is 17.3 Å². The molecule has 0 atom stereocenters. The number of nitrogens with zero attached hydrogens (tertiary/aromatic N) is 1. The largest absolute Gasteiger partial charge is 0.379 e. The molecule has 6 nitrogen and oxygen atoms in total. The first-order valence-electron chi connectivity index (χ1n) is 10.6. The Morgan fingerprint density at radius 3 is 2.24 bits per heavy atom. The molecule has 4 rings (SSSR count). The quantitative estimate of drug-likeness (QED) is 0.307. The van der Waals surface area contributed by atoms with Crippen molar-refractivity contribution in [2.75, 3.05) is 12.8 Å².